The molecule has 9 amide bonds. The Bertz CT molecular complexity index is 2180. The summed E-state index contributed by atoms with van der Waals surface area (Å²) in [6.07, 6.45) is 0. The average molecular weight is 838 g/mol. The number of amides is 9. The highest BCUT2D eigenvalue weighted by atomic mass is 32.1. The highest BCUT2D eigenvalue weighted by molar-refractivity contribution is 7.20. The normalized spacial score (nSPS) is 10.2. The first-order valence-electron chi connectivity index (χ1n) is 15.7. The Kier molecular flexibility index (Phi) is 14.1. The predicted molar refractivity (Wildman–Crippen MR) is 214 cm³/mol. The molecule has 3 aromatic heterocycles. The van der Waals surface area contributed by atoms with E-state index >= 15 is 0 Å². The van der Waals surface area contributed by atoms with Gasteiger partial charge in [-0.3, -0.25) is 30.3 Å². The number of anilines is 3. The van der Waals surface area contributed by atoms with Crippen LogP contribution in [0.5, 0.6) is 0 Å². The zero-order valence-electron chi connectivity index (χ0n) is 28.9. The van der Waals surface area contributed by atoms with Gasteiger partial charge in [0.15, 0.2) is 0 Å². The first-order valence-corrected chi connectivity index (χ1v) is 18.1. The molecule has 0 saturated carbocycles. The van der Waals surface area contributed by atoms with Crippen molar-refractivity contribution in [1.29, 1.82) is 0 Å². The highest BCUT2D eigenvalue weighted by Gasteiger charge is 2.18. The van der Waals surface area contributed by atoms with Crippen LogP contribution in [0.3, 0.4) is 0 Å². The van der Waals surface area contributed by atoms with E-state index in [-0.39, 0.29) is 49.1 Å². The lowest BCUT2D eigenvalue weighted by molar-refractivity contribution is 0.0993. The lowest BCUT2D eigenvalue weighted by Gasteiger charge is -1.99. The van der Waals surface area contributed by atoms with Crippen molar-refractivity contribution in [2.75, 3.05) is 16.0 Å². The molecule has 0 radical (unpaired) electrons. The molecule has 21 heteroatoms. The molecule has 0 saturated heterocycles. The van der Waals surface area contributed by atoms with Crippen molar-refractivity contribution < 1.29 is 41.9 Å². The number of carbonyl (C=O) groups excluding carboxylic acids is 6. The molecule has 0 aliphatic heterocycles. The van der Waals surface area contributed by atoms with Gasteiger partial charge >= 0.3 is 18.1 Å². The van der Waals surface area contributed by atoms with Crippen molar-refractivity contribution in [1.82, 2.24) is 0 Å². The summed E-state index contributed by atoms with van der Waals surface area (Å²) in [5.74, 6) is -3.09. The minimum absolute atomic E-state index is 0.170. The summed E-state index contributed by atoms with van der Waals surface area (Å²) in [6.45, 7) is 0. The minimum Gasteiger partial charge on any atom is -0.366 e. The van der Waals surface area contributed by atoms with Crippen LogP contribution in [0, 0.1) is 17.5 Å². The first kappa shape index (κ1) is 42.5. The molecule has 294 valence electrons. The maximum Gasteiger partial charge on any atom is 0.317 e. The summed E-state index contributed by atoms with van der Waals surface area (Å²) < 4.78 is 38.5. The molecule has 0 atom stereocenters. The fourth-order valence-electron chi connectivity index (χ4n) is 4.61. The van der Waals surface area contributed by atoms with Gasteiger partial charge in [-0.25, -0.2) is 27.6 Å². The van der Waals surface area contributed by atoms with Crippen LogP contribution in [0.4, 0.5) is 42.6 Å². The molecular formula is C36H30F3N9O6S3. The Morgan fingerprint density at radius 3 is 0.772 bits per heavy atom. The standard InChI is InChI=1S/3C12H10FN3O2S/c3*13-7-3-1-6(2-4-7)9-5-8(10(14)17)11(19-9)16-12(15)18/h3*1-5H,(H2,14,17)(H3,15,16,18). The summed E-state index contributed by atoms with van der Waals surface area (Å²) in [5, 5.41) is 7.85. The number of rotatable bonds is 9. The molecule has 15 nitrogen and oxygen atoms in total. The molecule has 3 aromatic carbocycles. The lowest BCUT2D eigenvalue weighted by Crippen LogP contribution is -2.21. The number of benzene rings is 3. The molecule has 0 spiro atoms. The quantitative estimate of drug-likeness (QED) is 0.0790. The number of urea groups is 3. The Hall–Kier alpha value is -7.23. The zero-order chi connectivity index (χ0) is 42.0. The van der Waals surface area contributed by atoms with Crippen LogP contribution < -0.4 is 50.4 Å². The van der Waals surface area contributed by atoms with Gasteiger partial charge in [-0.2, -0.15) is 0 Å². The van der Waals surface area contributed by atoms with E-state index in [0.717, 1.165) is 34.0 Å². The number of nitrogens with one attached hydrogen (secondary N) is 3. The van der Waals surface area contributed by atoms with E-state index < -0.39 is 35.8 Å². The first-order chi connectivity index (χ1) is 26.9. The Balaban J connectivity index is 0.000000189. The van der Waals surface area contributed by atoms with Crippen molar-refractivity contribution in [3.05, 3.63) is 125 Å². The Morgan fingerprint density at radius 1 is 0.386 bits per heavy atom. The molecule has 57 heavy (non-hydrogen) atoms. The van der Waals surface area contributed by atoms with Gasteiger partial charge in [-0.05, 0) is 71.3 Å². The summed E-state index contributed by atoms with van der Waals surface area (Å²) in [5.41, 5.74) is 33.4. The topological polar surface area (TPSA) is 295 Å². The SMILES string of the molecule is NC(=O)Nc1sc(-c2ccc(F)cc2)cc1C(N)=O.NC(=O)Nc1sc(-c2ccc(F)cc2)cc1C(N)=O.NC(=O)Nc1sc(-c2ccc(F)cc2)cc1C(N)=O. The van der Waals surface area contributed by atoms with Crippen molar-refractivity contribution in [2.45, 2.75) is 0 Å². The maximum atomic E-state index is 12.8. The van der Waals surface area contributed by atoms with E-state index in [9.17, 15) is 41.9 Å². The largest absolute Gasteiger partial charge is 0.366 e. The van der Waals surface area contributed by atoms with Crippen molar-refractivity contribution in [2.24, 2.45) is 34.4 Å². The van der Waals surface area contributed by atoms with Crippen molar-refractivity contribution >= 4 is 84.8 Å². The number of carbonyl (C=O) groups is 6. The molecule has 3 heterocycles. The third-order valence-electron chi connectivity index (χ3n) is 7.09. The fraction of sp³-hybridized carbons (Fsp3) is 0. The van der Waals surface area contributed by atoms with E-state index in [0.29, 0.717) is 31.3 Å². The van der Waals surface area contributed by atoms with Crippen LogP contribution >= 0.6 is 34.0 Å². The molecule has 0 bridgehead atoms. The number of thiophene rings is 3. The molecule has 0 aliphatic carbocycles. The van der Waals surface area contributed by atoms with Gasteiger partial charge < -0.3 is 34.4 Å². The zero-order valence-corrected chi connectivity index (χ0v) is 31.4. The van der Waals surface area contributed by atoms with Gasteiger partial charge in [0.25, 0.3) is 17.7 Å². The Morgan fingerprint density at radius 2 is 0.596 bits per heavy atom. The number of nitrogens with two attached hydrogens (primary N) is 6. The molecular weight excluding hydrogens is 808 g/mol. The van der Waals surface area contributed by atoms with Crippen LogP contribution in [0.25, 0.3) is 31.3 Å². The van der Waals surface area contributed by atoms with Crippen LogP contribution in [0.15, 0.2) is 91.0 Å². The fourth-order valence-corrected chi connectivity index (χ4v) is 7.82. The lowest BCUT2D eigenvalue weighted by atomic mass is 10.1. The monoisotopic (exact) mass is 837 g/mol. The van der Waals surface area contributed by atoms with Gasteiger partial charge in [0.2, 0.25) is 0 Å². The third-order valence-corrected chi connectivity index (χ3v) is 10.4. The van der Waals surface area contributed by atoms with Gasteiger partial charge in [-0.1, -0.05) is 36.4 Å². The summed E-state index contributed by atoms with van der Waals surface area (Å²) in [7, 11) is 0. The van der Waals surface area contributed by atoms with E-state index in [2.05, 4.69) is 16.0 Å². The van der Waals surface area contributed by atoms with Gasteiger partial charge in [-0.15, -0.1) is 34.0 Å². The van der Waals surface area contributed by atoms with Crippen LogP contribution in [0.2, 0.25) is 0 Å². The number of hydrogen-bond donors (Lipinski definition) is 9. The minimum atomic E-state index is -0.782. The molecule has 15 N–H and O–H groups in total. The third kappa shape index (κ3) is 11.9. The van der Waals surface area contributed by atoms with E-state index in [1.54, 1.807) is 36.4 Å². The van der Waals surface area contributed by atoms with E-state index in [1.165, 1.54) is 54.6 Å². The van der Waals surface area contributed by atoms with Crippen LogP contribution in [0.1, 0.15) is 31.1 Å². The van der Waals surface area contributed by atoms with Crippen molar-refractivity contribution in [3.8, 4) is 31.3 Å². The predicted octanol–water partition coefficient (Wildman–Crippen LogP) is 6.43. The molecule has 6 rings (SSSR count). The van der Waals surface area contributed by atoms with Gasteiger partial charge in [0.1, 0.15) is 32.5 Å². The second-order valence-electron chi connectivity index (χ2n) is 11.1. The second-order valence-corrected chi connectivity index (χ2v) is 14.3. The van der Waals surface area contributed by atoms with Crippen molar-refractivity contribution in [3.63, 3.8) is 0 Å². The molecule has 0 aliphatic rings. The number of primary amides is 6. The van der Waals surface area contributed by atoms with Gasteiger partial charge in [0, 0.05) is 14.6 Å². The average Bonchev–Trinajstić information content (AvgIpc) is 3.87. The van der Waals surface area contributed by atoms with E-state index in [4.69, 9.17) is 34.4 Å². The molecule has 0 fully saturated rings. The smallest absolute Gasteiger partial charge is 0.317 e. The highest BCUT2D eigenvalue weighted by Crippen LogP contribution is 2.37. The Labute approximate surface area is 332 Å². The summed E-state index contributed by atoms with van der Waals surface area (Å²) >= 11 is 3.42. The molecule has 0 unspecified atom stereocenters. The van der Waals surface area contributed by atoms with Crippen LogP contribution in [-0.4, -0.2) is 35.8 Å². The van der Waals surface area contributed by atoms with Crippen LogP contribution in [-0.2, 0) is 0 Å². The van der Waals surface area contributed by atoms with Gasteiger partial charge in [0.05, 0.1) is 16.7 Å². The summed E-state index contributed by atoms with van der Waals surface area (Å²) in [4.78, 5) is 68.4. The van der Waals surface area contributed by atoms with E-state index in [1.807, 2.05) is 0 Å². The number of hydrogen-bond acceptors (Lipinski definition) is 9. The second kappa shape index (κ2) is 18.9. The maximum absolute atomic E-state index is 12.8. The summed E-state index contributed by atoms with van der Waals surface area (Å²) in [6, 6.07) is 19.5. The number of halogens is 3. The molecule has 6 aromatic rings.